The minimum Gasteiger partial charge on any atom is -0.496 e. The van der Waals surface area contributed by atoms with Crippen molar-refractivity contribution in [3.05, 3.63) is 59.9 Å². The Morgan fingerprint density at radius 2 is 1.88 bits per heavy atom. The van der Waals surface area contributed by atoms with Crippen LogP contribution in [0.4, 0.5) is 0 Å². The van der Waals surface area contributed by atoms with Crippen molar-refractivity contribution in [1.29, 1.82) is 0 Å². The zero-order chi connectivity index (χ0) is 23.9. The maximum absolute atomic E-state index is 13.9. The van der Waals surface area contributed by atoms with E-state index < -0.39 is 5.54 Å². The number of nitrogens with zero attached hydrogens (tertiary/aromatic N) is 3. The summed E-state index contributed by atoms with van der Waals surface area (Å²) >= 11 is 0. The number of ether oxygens (including phenoxy) is 1. The van der Waals surface area contributed by atoms with Gasteiger partial charge in [-0.25, -0.2) is 4.98 Å². The molecule has 2 amide bonds. The highest BCUT2D eigenvalue weighted by Gasteiger charge is 2.49. The average molecular weight is 461 g/mol. The van der Waals surface area contributed by atoms with E-state index in [-0.39, 0.29) is 24.4 Å². The Kier molecular flexibility index (Phi) is 5.80. The standard InChI is InChI=1S/C27H32N4O3/c1-18-10-4-6-12-20(18)29-26(33)27(2)17-30-22-14-8-7-13-21(22)28-24(30)25(32)31(27)16-19-11-5-9-15-23(19)34-3/h5,7-9,11,13-15,18,20H,4,6,10,12,16-17H2,1-3H3,(H,29,33)/t18-,20+,27-/m1/s1. The smallest absolute Gasteiger partial charge is 0.291 e. The molecule has 5 rings (SSSR count). The lowest BCUT2D eigenvalue weighted by Gasteiger charge is -2.45. The first-order valence-electron chi connectivity index (χ1n) is 12.1. The zero-order valence-electron chi connectivity index (χ0n) is 20.1. The summed E-state index contributed by atoms with van der Waals surface area (Å²) in [5.74, 6) is 1.12. The number of carbonyl (C=O) groups excluding carboxylic acids is 2. The minimum atomic E-state index is -1.08. The van der Waals surface area contributed by atoms with Crippen LogP contribution in [0.15, 0.2) is 48.5 Å². The predicted molar refractivity (Wildman–Crippen MR) is 131 cm³/mol. The van der Waals surface area contributed by atoms with Crippen LogP contribution in [0.3, 0.4) is 0 Å². The number of hydrogen-bond donors (Lipinski definition) is 1. The van der Waals surface area contributed by atoms with Crippen LogP contribution in [-0.4, -0.2) is 45.0 Å². The van der Waals surface area contributed by atoms with E-state index in [1.54, 1.807) is 12.0 Å². The van der Waals surface area contributed by atoms with Crippen LogP contribution in [0, 0.1) is 5.92 Å². The lowest BCUT2D eigenvalue weighted by molar-refractivity contribution is -0.134. The predicted octanol–water partition coefficient (Wildman–Crippen LogP) is 4.15. The third kappa shape index (κ3) is 3.73. The highest BCUT2D eigenvalue weighted by atomic mass is 16.5. The van der Waals surface area contributed by atoms with Gasteiger partial charge in [0, 0.05) is 11.6 Å². The SMILES string of the molecule is COc1ccccc1CN1C(=O)c2nc3ccccc3n2C[C@]1(C)C(=O)N[C@H]1CCCC[C@H]1C. The molecule has 0 bridgehead atoms. The average Bonchev–Trinajstić information content (AvgIpc) is 3.22. The van der Waals surface area contributed by atoms with E-state index in [9.17, 15) is 9.59 Å². The van der Waals surface area contributed by atoms with Crippen molar-refractivity contribution in [2.45, 2.75) is 64.2 Å². The van der Waals surface area contributed by atoms with Crippen molar-refractivity contribution in [2.75, 3.05) is 7.11 Å². The number of imidazole rings is 1. The van der Waals surface area contributed by atoms with Crippen molar-refractivity contribution < 1.29 is 14.3 Å². The van der Waals surface area contributed by atoms with Crippen LogP contribution in [-0.2, 0) is 17.9 Å². The molecular formula is C27H32N4O3. The summed E-state index contributed by atoms with van der Waals surface area (Å²) in [6, 6.07) is 15.5. The molecular weight excluding hydrogens is 428 g/mol. The van der Waals surface area contributed by atoms with Crippen molar-refractivity contribution in [3.8, 4) is 5.75 Å². The molecule has 0 saturated heterocycles. The van der Waals surface area contributed by atoms with Gasteiger partial charge >= 0.3 is 0 Å². The van der Waals surface area contributed by atoms with Crippen molar-refractivity contribution >= 4 is 22.8 Å². The zero-order valence-corrected chi connectivity index (χ0v) is 20.1. The summed E-state index contributed by atoms with van der Waals surface area (Å²) < 4.78 is 7.45. The third-order valence-electron chi connectivity index (χ3n) is 7.59. The first-order chi connectivity index (χ1) is 16.4. The van der Waals surface area contributed by atoms with Crippen LogP contribution in [0.1, 0.15) is 55.7 Å². The summed E-state index contributed by atoms with van der Waals surface area (Å²) in [7, 11) is 1.62. The number of amides is 2. The molecule has 0 unspecified atom stereocenters. The number of nitrogens with one attached hydrogen (secondary N) is 1. The third-order valence-corrected chi connectivity index (χ3v) is 7.59. The van der Waals surface area contributed by atoms with Crippen LogP contribution >= 0.6 is 0 Å². The van der Waals surface area contributed by atoms with Gasteiger partial charge < -0.3 is 19.5 Å². The van der Waals surface area contributed by atoms with Crippen molar-refractivity contribution in [3.63, 3.8) is 0 Å². The Balaban J connectivity index is 1.57. The fourth-order valence-electron chi connectivity index (χ4n) is 5.44. The van der Waals surface area contributed by atoms with E-state index in [1.165, 1.54) is 6.42 Å². The summed E-state index contributed by atoms with van der Waals surface area (Å²) in [5, 5.41) is 3.32. The number of benzene rings is 2. The highest BCUT2D eigenvalue weighted by molar-refractivity contribution is 6.01. The van der Waals surface area contributed by atoms with Gasteiger partial charge in [-0.05, 0) is 43.9 Å². The van der Waals surface area contributed by atoms with Crippen molar-refractivity contribution in [1.82, 2.24) is 19.8 Å². The van der Waals surface area contributed by atoms with Gasteiger partial charge in [-0.3, -0.25) is 9.59 Å². The number of fused-ring (bicyclic) bond motifs is 3. The second kappa shape index (κ2) is 8.78. The number of para-hydroxylation sites is 3. The topological polar surface area (TPSA) is 76.5 Å². The largest absolute Gasteiger partial charge is 0.496 e. The number of rotatable bonds is 5. The molecule has 7 heteroatoms. The van der Waals surface area contributed by atoms with Crippen molar-refractivity contribution in [2.24, 2.45) is 5.92 Å². The lowest BCUT2D eigenvalue weighted by Crippen LogP contribution is -2.65. The van der Waals surface area contributed by atoms with E-state index in [2.05, 4.69) is 17.2 Å². The quantitative estimate of drug-likeness (QED) is 0.621. The molecule has 34 heavy (non-hydrogen) atoms. The first kappa shape index (κ1) is 22.4. The maximum atomic E-state index is 13.9. The Bertz CT molecular complexity index is 1240. The maximum Gasteiger partial charge on any atom is 0.291 e. The molecule has 1 aromatic heterocycles. The van der Waals surface area contributed by atoms with E-state index in [4.69, 9.17) is 4.74 Å². The van der Waals surface area contributed by atoms with E-state index in [1.807, 2.05) is 60.0 Å². The normalized spacial score (nSPS) is 24.7. The fraction of sp³-hybridized carbons (Fsp3) is 0.444. The van der Waals surface area contributed by atoms with Gasteiger partial charge in [0.15, 0.2) is 5.82 Å². The molecule has 3 atom stereocenters. The van der Waals surface area contributed by atoms with Gasteiger partial charge in [0.25, 0.3) is 5.91 Å². The fourth-order valence-corrected chi connectivity index (χ4v) is 5.44. The molecule has 1 saturated carbocycles. The molecule has 1 aliphatic heterocycles. The first-order valence-corrected chi connectivity index (χ1v) is 12.1. The number of aromatic nitrogens is 2. The lowest BCUT2D eigenvalue weighted by atomic mass is 9.85. The van der Waals surface area contributed by atoms with E-state index in [0.29, 0.717) is 24.0 Å². The van der Waals surface area contributed by atoms with Gasteiger partial charge in [-0.2, -0.15) is 0 Å². The number of methoxy groups -OCH3 is 1. The van der Waals surface area contributed by atoms with Gasteiger partial charge in [-0.15, -0.1) is 0 Å². The summed E-state index contributed by atoms with van der Waals surface area (Å²) in [6.07, 6.45) is 4.41. The second-order valence-electron chi connectivity index (χ2n) is 9.83. The molecule has 0 radical (unpaired) electrons. The molecule has 2 aromatic carbocycles. The monoisotopic (exact) mass is 460 g/mol. The number of carbonyl (C=O) groups is 2. The molecule has 1 fully saturated rings. The number of hydrogen-bond acceptors (Lipinski definition) is 4. The molecule has 2 heterocycles. The molecule has 0 spiro atoms. The highest BCUT2D eigenvalue weighted by Crippen LogP contribution is 2.34. The van der Waals surface area contributed by atoms with E-state index in [0.717, 1.165) is 35.9 Å². The molecule has 1 N–H and O–H groups in total. The van der Waals surface area contributed by atoms with Gasteiger partial charge in [0.1, 0.15) is 11.3 Å². The molecule has 1 aliphatic carbocycles. The minimum absolute atomic E-state index is 0.113. The van der Waals surface area contributed by atoms with E-state index >= 15 is 0 Å². The second-order valence-corrected chi connectivity index (χ2v) is 9.83. The summed E-state index contributed by atoms with van der Waals surface area (Å²) in [4.78, 5) is 34.1. The van der Waals surface area contributed by atoms with Crippen LogP contribution in [0.25, 0.3) is 11.0 Å². The van der Waals surface area contributed by atoms with Gasteiger partial charge in [-0.1, -0.05) is 50.1 Å². The Morgan fingerprint density at radius 3 is 2.68 bits per heavy atom. The summed E-state index contributed by atoms with van der Waals surface area (Å²) in [5.41, 5.74) is 1.40. The molecule has 3 aromatic rings. The van der Waals surface area contributed by atoms with Gasteiger partial charge in [0.05, 0.1) is 31.2 Å². The van der Waals surface area contributed by atoms with Gasteiger partial charge in [0.2, 0.25) is 5.91 Å². The van der Waals surface area contributed by atoms with Crippen LogP contribution in [0.5, 0.6) is 5.75 Å². The van der Waals surface area contributed by atoms with Crippen LogP contribution < -0.4 is 10.1 Å². The molecule has 2 aliphatic rings. The Morgan fingerprint density at radius 1 is 1.15 bits per heavy atom. The van der Waals surface area contributed by atoms with Crippen LogP contribution in [0.2, 0.25) is 0 Å². The molecule has 7 nitrogen and oxygen atoms in total. The molecule has 178 valence electrons. The Hall–Kier alpha value is -3.35. The summed E-state index contributed by atoms with van der Waals surface area (Å²) in [6.45, 7) is 4.68. The Labute approximate surface area is 200 Å².